The number of nitrogens with zero attached hydrogens (tertiary/aromatic N) is 3. The van der Waals surface area contributed by atoms with Crippen LogP contribution in [0, 0.1) is 0 Å². The van der Waals surface area contributed by atoms with Gasteiger partial charge in [-0.25, -0.2) is 9.50 Å². The Morgan fingerprint density at radius 3 is 2.52 bits per heavy atom. The Balaban J connectivity index is 1.45. The molecule has 2 N–H and O–H groups in total. The lowest BCUT2D eigenvalue weighted by molar-refractivity contribution is 0.199. The van der Waals surface area contributed by atoms with E-state index in [4.69, 9.17) is 4.98 Å². The maximum absolute atomic E-state index is 9.90. The predicted octanol–water partition coefficient (Wildman–Crippen LogP) is 4.76. The van der Waals surface area contributed by atoms with Crippen molar-refractivity contribution in [2.75, 3.05) is 13.1 Å². The van der Waals surface area contributed by atoms with Crippen LogP contribution in [0.4, 0.5) is 0 Å². The molecule has 1 aliphatic rings. The Morgan fingerprint density at radius 1 is 1.00 bits per heavy atom. The minimum absolute atomic E-state index is 0.253. The molecule has 0 amide bonds. The van der Waals surface area contributed by atoms with Gasteiger partial charge >= 0.3 is 0 Å². The quantitative estimate of drug-likeness (QED) is 0.507. The van der Waals surface area contributed by atoms with Gasteiger partial charge in [0.25, 0.3) is 0 Å². The Labute approximate surface area is 182 Å². The van der Waals surface area contributed by atoms with E-state index < -0.39 is 6.10 Å². The molecule has 5 heteroatoms. The van der Waals surface area contributed by atoms with Crippen LogP contribution in [0.3, 0.4) is 0 Å². The second kappa shape index (κ2) is 7.91. The van der Waals surface area contributed by atoms with Crippen LogP contribution in [0.1, 0.15) is 43.9 Å². The van der Waals surface area contributed by atoms with Crippen LogP contribution in [0.25, 0.3) is 27.9 Å². The first-order valence-electron chi connectivity index (χ1n) is 11.0. The molecule has 2 aromatic heterocycles. The largest absolute Gasteiger partial charge is 0.389 e. The van der Waals surface area contributed by atoms with E-state index in [1.165, 1.54) is 18.4 Å². The van der Waals surface area contributed by atoms with Crippen LogP contribution in [0.5, 0.6) is 0 Å². The van der Waals surface area contributed by atoms with Gasteiger partial charge in [-0.05, 0) is 66.6 Å². The van der Waals surface area contributed by atoms with Gasteiger partial charge in [-0.1, -0.05) is 49.4 Å². The molecule has 0 radical (unpaired) electrons. The molecular weight excluding hydrogens is 384 g/mol. The summed E-state index contributed by atoms with van der Waals surface area (Å²) in [7, 11) is 0. The lowest BCUT2D eigenvalue weighted by atomic mass is 9.75. The highest BCUT2D eigenvalue weighted by Gasteiger charge is 2.28. The molecular formula is C26H28N4O. The van der Waals surface area contributed by atoms with E-state index in [0.29, 0.717) is 0 Å². The minimum Gasteiger partial charge on any atom is -0.389 e. The van der Waals surface area contributed by atoms with Gasteiger partial charge in [0.1, 0.15) is 0 Å². The first-order chi connectivity index (χ1) is 15.0. The Bertz CT molecular complexity index is 1200. The first-order valence-corrected chi connectivity index (χ1v) is 11.0. The second-order valence-electron chi connectivity index (χ2n) is 8.86. The molecule has 5 nitrogen and oxygen atoms in total. The van der Waals surface area contributed by atoms with Crippen molar-refractivity contribution in [1.29, 1.82) is 0 Å². The zero-order valence-corrected chi connectivity index (χ0v) is 18.0. The topological polar surface area (TPSA) is 62.5 Å². The number of aliphatic hydroxyl groups excluding tert-OH is 1. The zero-order valence-electron chi connectivity index (χ0n) is 18.0. The number of aliphatic hydroxyl groups is 1. The van der Waals surface area contributed by atoms with Gasteiger partial charge in [0, 0.05) is 23.5 Å². The van der Waals surface area contributed by atoms with Crippen LogP contribution < -0.4 is 5.32 Å². The summed E-state index contributed by atoms with van der Waals surface area (Å²) in [5.41, 5.74) is 7.51. The van der Waals surface area contributed by atoms with Crippen molar-refractivity contribution >= 4 is 5.65 Å². The normalized spacial score (nSPS) is 17.0. The van der Waals surface area contributed by atoms with E-state index in [1.54, 1.807) is 6.92 Å². The fourth-order valence-electron chi connectivity index (χ4n) is 4.53. The maximum atomic E-state index is 9.90. The Kier molecular flexibility index (Phi) is 5.08. The summed E-state index contributed by atoms with van der Waals surface area (Å²) in [6, 6.07) is 16.8. The summed E-state index contributed by atoms with van der Waals surface area (Å²) >= 11 is 0. The summed E-state index contributed by atoms with van der Waals surface area (Å²) in [5.74, 6) is 0. The number of fused-ring (bicyclic) bond motifs is 1. The zero-order chi connectivity index (χ0) is 21.4. The monoisotopic (exact) mass is 412 g/mol. The molecule has 0 spiro atoms. The first kappa shape index (κ1) is 19.9. The van der Waals surface area contributed by atoms with E-state index >= 15 is 0 Å². The Morgan fingerprint density at radius 2 is 1.77 bits per heavy atom. The van der Waals surface area contributed by atoms with Gasteiger partial charge < -0.3 is 10.4 Å². The Hall–Kier alpha value is -3.02. The number of hydrogen-bond donors (Lipinski definition) is 2. The van der Waals surface area contributed by atoms with Crippen molar-refractivity contribution in [3.63, 3.8) is 0 Å². The lowest BCUT2D eigenvalue weighted by Gasteiger charge is -2.34. The summed E-state index contributed by atoms with van der Waals surface area (Å²) in [4.78, 5) is 4.72. The molecule has 31 heavy (non-hydrogen) atoms. The SMILES string of the molecule is CC(O)c1cccc(-c2cnn3cc(-c4ccc(C5(C)CCNCC5)cc4)cnc23)c1. The van der Waals surface area contributed by atoms with Crippen molar-refractivity contribution in [1.82, 2.24) is 19.9 Å². The maximum Gasteiger partial charge on any atom is 0.162 e. The summed E-state index contributed by atoms with van der Waals surface area (Å²) in [6.07, 6.45) is 7.63. The van der Waals surface area contributed by atoms with Crippen molar-refractivity contribution in [2.24, 2.45) is 0 Å². The molecule has 4 aromatic rings. The number of benzene rings is 2. The average Bonchev–Trinajstić information content (AvgIpc) is 3.23. The highest BCUT2D eigenvalue weighted by molar-refractivity contribution is 5.78. The minimum atomic E-state index is -0.503. The van der Waals surface area contributed by atoms with E-state index in [1.807, 2.05) is 47.4 Å². The number of piperidine rings is 1. The summed E-state index contributed by atoms with van der Waals surface area (Å²) < 4.78 is 1.84. The number of hydrogen-bond acceptors (Lipinski definition) is 4. The van der Waals surface area contributed by atoms with Crippen molar-refractivity contribution in [2.45, 2.75) is 38.2 Å². The second-order valence-corrected chi connectivity index (χ2v) is 8.86. The molecule has 3 heterocycles. The predicted molar refractivity (Wildman–Crippen MR) is 124 cm³/mol. The smallest absolute Gasteiger partial charge is 0.162 e. The number of nitrogens with one attached hydrogen (secondary N) is 1. The molecule has 1 atom stereocenters. The third-order valence-electron chi connectivity index (χ3n) is 6.66. The van der Waals surface area contributed by atoms with Crippen molar-refractivity contribution in [3.05, 3.63) is 78.2 Å². The molecule has 0 aliphatic carbocycles. The highest BCUT2D eigenvalue weighted by Crippen LogP contribution is 2.34. The summed E-state index contributed by atoms with van der Waals surface area (Å²) in [5, 5.41) is 17.9. The molecule has 2 aromatic carbocycles. The molecule has 0 bridgehead atoms. The molecule has 1 saturated heterocycles. The standard InChI is InChI=1S/C26H28N4O/c1-18(31)20-4-3-5-21(14-20)24-16-29-30-17-22(15-28-25(24)30)19-6-8-23(9-7-19)26(2)10-12-27-13-11-26/h3-9,14-18,27,31H,10-13H2,1-2H3. The van der Waals surface area contributed by atoms with Crippen LogP contribution in [-0.4, -0.2) is 32.8 Å². The molecule has 0 saturated carbocycles. The van der Waals surface area contributed by atoms with Gasteiger partial charge in [0.2, 0.25) is 0 Å². The molecule has 158 valence electrons. The number of aromatic nitrogens is 3. The lowest BCUT2D eigenvalue weighted by Crippen LogP contribution is -2.37. The average molecular weight is 413 g/mol. The van der Waals surface area contributed by atoms with Crippen molar-refractivity contribution < 1.29 is 5.11 Å². The molecule has 1 aliphatic heterocycles. The van der Waals surface area contributed by atoms with E-state index in [0.717, 1.165) is 46.6 Å². The fourth-order valence-corrected chi connectivity index (χ4v) is 4.53. The van der Waals surface area contributed by atoms with Gasteiger partial charge in [-0.3, -0.25) is 0 Å². The van der Waals surface area contributed by atoms with E-state index in [2.05, 4.69) is 41.6 Å². The van der Waals surface area contributed by atoms with Gasteiger partial charge in [0.05, 0.1) is 12.3 Å². The van der Waals surface area contributed by atoms with Gasteiger partial charge in [-0.2, -0.15) is 5.10 Å². The van der Waals surface area contributed by atoms with Crippen molar-refractivity contribution in [3.8, 4) is 22.3 Å². The van der Waals surface area contributed by atoms with Crippen LogP contribution in [0.2, 0.25) is 0 Å². The fraction of sp³-hybridized carbons (Fsp3) is 0.308. The third-order valence-corrected chi connectivity index (χ3v) is 6.66. The summed E-state index contributed by atoms with van der Waals surface area (Å²) in [6.45, 7) is 6.31. The highest BCUT2D eigenvalue weighted by atomic mass is 16.3. The van der Waals surface area contributed by atoms with Crippen LogP contribution >= 0.6 is 0 Å². The van der Waals surface area contributed by atoms with E-state index in [9.17, 15) is 5.11 Å². The molecule has 1 unspecified atom stereocenters. The third kappa shape index (κ3) is 3.75. The van der Waals surface area contributed by atoms with Gasteiger partial charge in [-0.15, -0.1) is 0 Å². The molecule has 1 fully saturated rings. The molecule has 5 rings (SSSR count). The van der Waals surface area contributed by atoms with E-state index in [-0.39, 0.29) is 5.41 Å². The van der Waals surface area contributed by atoms with Crippen LogP contribution in [-0.2, 0) is 5.41 Å². The number of rotatable bonds is 4. The van der Waals surface area contributed by atoms with Crippen LogP contribution in [0.15, 0.2) is 67.1 Å². The van der Waals surface area contributed by atoms with Gasteiger partial charge in [0.15, 0.2) is 5.65 Å².